The summed E-state index contributed by atoms with van der Waals surface area (Å²) < 4.78 is 17.2. The summed E-state index contributed by atoms with van der Waals surface area (Å²) in [5.74, 6) is 1.12. The van der Waals surface area contributed by atoms with Gasteiger partial charge in [-0.15, -0.1) is 0 Å². The van der Waals surface area contributed by atoms with E-state index in [4.69, 9.17) is 31.5 Å². The number of hydrogen-bond acceptors (Lipinski definition) is 6. The number of benzene rings is 2. The Morgan fingerprint density at radius 3 is 2.67 bits per heavy atom. The lowest BCUT2D eigenvalue weighted by Gasteiger charge is -2.37. The van der Waals surface area contributed by atoms with Crippen LogP contribution in [0, 0.1) is 16.7 Å². The van der Waals surface area contributed by atoms with Gasteiger partial charge in [0.15, 0.2) is 5.78 Å². The lowest BCUT2D eigenvalue weighted by Crippen LogP contribution is -2.33. The molecule has 0 spiro atoms. The Hall–Kier alpha value is -3.43. The van der Waals surface area contributed by atoms with Gasteiger partial charge in [-0.2, -0.15) is 5.26 Å². The van der Waals surface area contributed by atoms with Gasteiger partial charge in [0.1, 0.15) is 35.5 Å². The highest BCUT2D eigenvalue weighted by molar-refractivity contribution is 6.32. The van der Waals surface area contributed by atoms with Crippen LogP contribution in [-0.2, 0) is 16.1 Å². The van der Waals surface area contributed by atoms with Crippen LogP contribution in [0.15, 0.2) is 65.3 Å². The van der Waals surface area contributed by atoms with Crippen LogP contribution in [-0.4, -0.2) is 12.9 Å². The van der Waals surface area contributed by atoms with Gasteiger partial charge in [0, 0.05) is 24.0 Å². The maximum Gasteiger partial charge on any atom is 0.205 e. The molecule has 2 N–H and O–H groups in total. The van der Waals surface area contributed by atoms with E-state index in [1.807, 2.05) is 38.1 Å². The Bertz CT molecular complexity index is 1220. The van der Waals surface area contributed by atoms with E-state index in [0.717, 1.165) is 11.1 Å². The minimum atomic E-state index is -0.604. The molecular weight excluding hydrogens is 440 g/mol. The monoisotopic (exact) mass is 464 g/mol. The number of para-hydroxylation sites is 1. The Balaban J connectivity index is 1.76. The number of hydrogen-bond donors (Lipinski definition) is 1. The van der Waals surface area contributed by atoms with Crippen LogP contribution in [0.25, 0.3) is 0 Å². The fourth-order valence-electron chi connectivity index (χ4n) is 4.43. The van der Waals surface area contributed by atoms with Crippen molar-refractivity contribution in [1.29, 1.82) is 5.26 Å². The highest BCUT2D eigenvalue weighted by Gasteiger charge is 2.43. The van der Waals surface area contributed by atoms with Gasteiger partial charge in [-0.05, 0) is 35.2 Å². The quantitative estimate of drug-likeness (QED) is 0.638. The molecular formula is C26H25ClN2O4. The second-order valence-electron chi connectivity index (χ2n) is 8.99. The minimum absolute atomic E-state index is 0.0313. The summed E-state index contributed by atoms with van der Waals surface area (Å²) in [4.78, 5) is 13.2. The Labute approximate surface area is 198 Å². The average molecular weight is 465 g/mol. The molecule has 2 aromatic rings. The number of rotatable bonds is 5. The molecule has 0 bridgehead atoms. The van der Waals surface area contributed by atoms with E-state index in [-0.39, 0.29) is 29.3 Å². The van der Waals surface area contributed by atoms with Crippen LogP contribution in [0.4, 0.5) is 0 Å². The summed E-state index contributed by atoms with van der Waals surface area (Å²) in [6.07, 6.45) is 0.950. The van der Waals surface area contributed by atoms with E-state index in [1.54, 1.807) is 25.3 Å². The molecule has 7 heteroatoms. The first-order valence-corrected chi connectivity index (χ1v) is 11.0. The van der Waals surface area contributed by atoms with E-state index in [2.05, 4.69) is 6.07 Å². The van der Waals surface area contributed by atoms with Crippen molar-refractivity contribution in [1.82, 2.24) is 0 Å². The maximum atomic E-state index is 13.2. The molecule has 1 atom stereocenters. The second kappa shape index (κ2) is 8.84. The molecule has 1 unspecified atom stereocenters. The molecule has 0 radical (unpaired) electrons. The molecule has 4 rings (SSSR count). The van der Waals surface area contributed by atoms with Crippen LogP contribution >= 0.6 is 11.6 Å². The number of nitriles is 1. The number of ether oxygens (including phenoxy) is 3. The first-order valence-electron chi connectivity index (χ1n) is 10.6. The third-order valence-corrected chi connectivity index (χ3v) is 6.25. The third-order valence-electron chi connectivity index (χ3n) is 5.93. The minimum Gasteiger partial charge on any atom is -0.496 e. The Kier molecular flexibility index (Phi) is 6.09. The summed E-state index contributed by atoms with van der Waals surface area (Å²) in [7, 11) is 1.58. The van der Waals surface area contributed by atoms with E-state index >= 15 is 0 Å². The standard InChI is InChI=1S/C26H25ClN2O4/c1-26(2)11-19(30)24-22(12-26)33-25(29)17(13-28)23(24)15-8-9-20(31-3)16(10-15)14-32-21-7-5-4-6-18(21)27/h4-10,23H,11-12,14,29H2,1-3H3. The largest absolute Gasteiger partial charge is 0.496 e. The number of halogens is 1. The number of allylic oxidation sites excluding steroid dienone is 3. The van der Waals surface area contributed by atoms with Crippen molar-refractivity contribution in [2.75, 3.05) is 7.11 Å². The van der Waals surface area contributed by atoms with Crippen molar-refractivity contribution in [2.45, 2.75) is 39.2 Å². The Morgan fingerprint density at radius 1 is 1.21 bits per heavy atom. The highest BCUT2D eigenvalue weighted by Crippen LogP contribution is 2.48. The normalized spacial score (nSPS) is 19.5. The van der Waals surface area contributed by atoms with Crippen molar-refractivity contribution >= 4 is 17.4 Å². The first kappa shape index (κ1) is 22.8. The number of carbonyl (C=O) groups excluding carboxylic acids is 1. The molecule has 0 saturated carbocycles. The molecule has 0 amide bonds. The zero-order valence-corrected chi connectivity index (χ0v) is 19.5. The summed E-state index contributed by atoms with van der Waals surface area (Å²) in [5.41, 5.74) is 8.12. The highest BCUT2D eigenvalue weighted by atomic mass is 35.5. The summed E-state index contributed by atoms with van der Waals surface area (Å²) in [6, 6.07) is 14.9. The molecule has 0 aromatic heterocycles. The third kappa shape index (κ3) is 4.42. The molecule has 2 aliphatic rings. The fourth-order valence-corrected chi connectivity index (χ4v) is 4.62. The lowest BCUT2D eigenvalue weighted by atomic mass is 9.70. The van der Waals surface area contributed by atoms with Crippen LogP contribution in [0.5, 0.6) is 11.5 Å². The van der Waals surface area contributed by atoms with Gasteiger partial charge in [-0.25, -0.2) is 0 Å². The number of nitrogens with zero attached hydrogens (tertiary/aromatic N) is 1. The zero-order chi connectivity index (χ0) is 23.8. The predicted molar refractivity (Wildman–Crippen MR) is 124 cm³/mol. The van der Waals surface area contributed by atoms with Crippen molar-refractivity contribution < 1.29 is 19.0 Å². The molecule has 0 fully saturated rings. The second-order valence-corrected chi connectivity index (χ2v) is 9.40. The van der Waals surface area contributed by atoms with Gasteiger partial charge in [-0.1, -0.05) is 43.6 Å². The average Bonchev–Trinajstić information content (AvgIpc) is 2.76. The van der Waals surface area contributed by atoms with Crippen LogP contribution in [0.1, 0.15) is 43.7 Å². The summed E-state index contributed by atoms with van der Waals surface area (Å²) in [6.45, 7) is 4.23. The molecule has 33 heavy (non-hydrogen) atoms. The first-order chi connectivity index (χ1) is 15.7. The van der Waals surface area contributed by atoms with E-state index in [0.29, 0.717) is 40.7 Å². The lowest BCUT2D eigenvalue weighted by molar-refractivity contribution is -0.119. The number of Topliss-reactive ketones (excluding diaryl/α,β-unsaturated/α-hetero) is 1. The van der Waals surface area contributed by atoms with Crippen molar-refractivity contribution in [3.63, 3.8) is 0 Å². The summed E-state index contributed by atoms with van der Waals surface area (Å²) in [5, 5.41) is 10.4. The van der Waals surface area contributed by atoms with E-state index in [1.165, 1.54) is 0 Å². The van der Waals surface area contributed by atoms with E-state index in [9.17, 15) is 10.1 Å². The fraction of sp³-hybridized carbons (Fsp3) is 0.308. The number of methoxy groups -OCH3 is 1. The van der Waals surface area contributed by atoms with Crippen LogP contribution in [0.3, 0.4) is 0 Å². The van der Waals surface area contributed by atoms with Crippen LogP contribution < -0.4 is 15.2 Å². The van der Waals surface area contributed by atoms with Crippen molar-refractivity contribution in [3.8, 4) is 17.6 Å². The van der Waals surface area contributed by atoms with Gasteiger partial charge >= 0.3 is 0 Å². The SMILES string of the molecule is COc1ccc(C2C(C#N)=C(N)OC3=C2C(=O)CC(C)(C)C3)cc1COc1ccccc1Cl. The van der Waals surface area contributed by atoms with E-state index < -0.39 is 5.92 Å². The number of carbonyl (C=O) groups is 1. The van der Waals surface area contributed by atoms with Gasteiger partial charge < -0.3 is 19.9 Å². The van der Waals surface area contributed by atoms with Gasteiger partial charge in [0.2, 0.25) is 5.88 Å². The molecule has 1 aliphatic carbocycles. The molecule has 1 aliphatic heterocycles. The van der Waals surface area contributed by atoms with Crippen molar-refractivity contribution in [2.24, 2.45) is 11.1 Å². The molecule has 6 nitrogen and oxygen atoms in total. The summed E-state index contributed by atoms with van der Waals surface area (Å²) >= 11 is 6.22. The Morgan fingerprint density at radius 2 is 1.97 bits per heavy atom. The van der Waals surface area contributed by atoms with Crippen molar-refractivity contribution in [3.05, 3.63) is 81.4 Å². The number of ketones is 1. The topological polar surface area (TPSA) is 94.6 Å². The predicted octanol–water partition coefficient (Wildman–Crippen LogP) is 5.38. The molecule has 1 heterocycles. The maximum absolute atomic E-state index is 13.2. The van der Waals surface area contributed by atoms with Gasteiger partial charge in [0.05, 0.1) is 18.1 Å². The zero-order valence-electron chi connectivity index (χ0n) is 18.8. The molecule has 2 aromatic carbocycles. The van der Waals surface area contributed by atoms with Crippen LogP contribution in [0.2, 0.25) is 5.02 Å². The van der Waals surface area contributed by atoms with Gasteiger partial charge in [0.25, 0.3) is 0 Å². The smallest absolute Gasteiger partial charge is 0.205 e. The molecule has 0 saturated heterocycles. The number of nitrogens with two attached hydrogens (primary N) is 1. The molecule has 170 valence electrons. The van der Waals surface area contributed by atoms with Gasteiger partial charge in [-0.3, -0.25) is 4.79 Å².